The predicted molar refractivity (Wildman–Crippen MR) is 112 cm³/mol. The van der Waals surface area contributed by atoms with Gasteiger partial charge < -0.3 is 25.8 Å². The van der Waals surface area contributed by atoms with Crippen molar-refractivity contribution in [2.45, 2.75) is 51.7 Å². The van der Waals surface area contributed by atoms with Gasteiger partial charge in [0.25, 0.3) is 0 Å². The van der Waals surface area contributed by atoms with Crippen molar-refractivity contribution in [1.82, 2.24) is 25.5 Å². The van der Waals surface area contributed by atoms with Crippen molar-refractivity contribution in [3.8, 4) is 0 Å². The van der Waals surface area contributed by atoms with Gasteiger partial charge >= 0.3 is 7.32 Å². The number of nitrogens with one attached hydrogen (secondary N) is 1. The van der Waals surface area contributed by atoms with Crippen LogP contribution in [-0.2, 0) is 16.0 Å². The Kier molecular flexibility index (Phi) is 9.66. The van der Waals surface area contributed by atoms with Crippen LogP contribution in [0.3, 0.4) is 0 Å². The van der Waals surface area contributed by atoms with Gasteiger partial charge in [0, 0.05) is 18.2 Å². The highest BCUT2D eigenvalue weighted by molar-refractivity contribution is 6.32. The molecule has 0 aliphatic heterocycles. The molecule has 1 aromatic carbocycles. The Morgan fingerprint density at radius 2 is 2.00 bits per heavy atom. The van der Waals surface area contributed by atoms with Gasteiger partial charge in [-0.25, -0.2) is 4.68 Å². The van der Waals surface area contributed by atoms with Gasteiger partial charge in [0.05, 0.1) is 6.04 Å². The Bertz CT molecular complexity index is 789. The average Bonchev–Trinajstić information content (AvgIpc) is 3.16. The lowest BCUT2D eigenvalue weighted by Gasteiger charge is -2.23. The molecule has 2 atom stereocenters. The van der Waals surface area contributed by atoms with Crippen molar-refractivity contribution in [1.29, 1.82) is 0 Å². The summed E-state index contributed by atoms with van der Waals surface area (Å²) in [5.74, 6) is 0.161. The standard InChI is InChI=1S/C18H28BClN6O4/c1-12(2)16(18(27)22-11-13-6-8-14(20)9-7-13)26-17(23-24-25-26)15(21)5-3-4-10-30-19(28)29/h6-9,12,15-16,28-29H,3-5,10-11,21H2,1-2H3,(H,22,27). The molecular weight excluding hydrogens is 411 g/mol. The molecule has 30 heavy (non-hydrogen) atoms. The highest BCUT2D eigenvalue weighted by atomic mass is 35.5. The molecule has 1 amide bonds. The molecule has 2 unspecified atom stereocenters. The minimum atomic E-state index is -1.77. The first-order valence-corrected chi connectivity index (χ1v) is 10.2. The van der Waals surface area contributed by atoms with E-state index in [1.54, 1.807) is 12.1 Å². The lowest BCUT2D eigenvalue weighted by atomic mass is 10.0. The molecule has 0 radical (unpaired) electrons. The molecule has 5 N–H and O–H groups in total. The molecule has 2 aromatic rings. The number of carbonyl (C=O) groups excluding carboxylic acids is 1. The molecule has 12 heteroatoms. The minimum Gasteiger partial charge on any atom is -0.402 e. The van der Waals surface area contributed by atoms with Crippen LogP contribution in [0, 0.1) is 5.92 Å². The van der Waals surface area contributed by atoms with E-state index in [2.05, 4.69) is 25.5 Å². The van der Waals surface area contributed by atoms with Gasteiger partial charge in [0.15, 0.2) is 5.82 Å². The molecular formula is C18H28BClN6O4. The Morgan fingerprint density at radius 3 is 2.63 bits per heavy atom. The maximum Gasteiger partial charge on any atom is 0.633 e. The number of halogens is 1. The summed E-state index contributed by atoms with van der Waals surface area (Å²) in [6.45, 7) is 4.40. The molecule has 1 aromatic heterocycles. The van der Waals surface area contributed by atoms with E-state index in [9.17, 15) is 4.79 Å². The summed E-state index contributed by atoms with van der Waals surface area (Å²) in [4.78, 5) is 12.9. The molecule has 0 aliphatic rings. The van der Waals surface area contributed by atoms with E-state index in [1.807, 2.05) is 26.0 Å². The number of aromatic nitrogens is 4. The normalized spacial score (nSPS) is 13.3. The van der Waals surface area contributed by atoms with Crippen LogP contribution >= 0.6 is 11.6 Å². The fourth-order valence-electron chi connectivity index (χ4n) is 3.02. The zero-order chi connectivity index (χ0) is 22.1. The fraction of sp³-hybridized carbons (Fsp3) is 0.556. The smallest absolute Gasteiger partial charge is 0.402 e. The number of amides is 1. The van der Waals surface area contributed by atoms with Crippen LogP contribution in [0.1, 0.15) is 56.6 Å². The molecule has 0 aliphatic carbocycles. The number of benzene rings is 1. The lowest BCUT2D eigenvalue weighted by molar-refractivity contribution is -0.126. The van der Waals surface area contributed by atoms with E-state index in [4.69, 9.17) is 27.4 Å². The van der Waals surface area contributed by atoms with Gasteiger partial charge in [-0.05, 0) is 53.3 Å². The Labute approximate surface area is 180 Å². The average molecular weight is 439 g/mol. The molecule has 0 saturated carbocycles. The van der Waals surface area contributed by atoms with E-state index < -0.39 is 19.4 Å². The first-order valence-electron chi connectivity index (χ1n) is 9.82. The van der Waals surface area contributed by atoms with Gasteiger partial charge in [0.2, 0.25) is 5.91 Å². The van der Waals surface area contributed by atoms with Gasteiger partial charge in [-0.3, -0.25) is 4.79 Å². The zero-order valence-electron chi connectivity index (χ0n) is 17.1. The molecule has 0 saturated heterocycles. The van der Waals surface area contributed by atoms with Gasteiger partial charge in [0.1, 0.15) is 6.04 Å². The molecule has 2 rings (SSSR count). The molecule has 0 bridgehead atoms. The minimum absolute atomic E-state index is 0.0656. The molecule has 10 nitrogen and oxygen atoms in total. The van der Waals surface area contributed by atoms with Crippen molar-refractivity contribution in [2.24, 2.45) is 11.7 Å². The third kappa shape index (κ3) is 7.33. The number of nitrogens with zero attached hydrogens (tertiary/aromatic N) is 4. The van der Waals surface area contributed by atoms with Crippen LogP contribution in [0.5, 0.6) is 0 Å². The van der Waals surface area contributed by atoms with Crippen LogP contribution in [-0.4, -0.2) is 50.1 Å². The van der Waals surface area contributed by atoms with Crippen molar-refractivity contribution < 1.29 is 19.5 Å². The number of carbonyl (C=O) groups is 1. The Morgan fingerprint density at radius 1 is 1.30 bits per heavy atom. The fourth-order valence-corrected chi connectivity index (χ4v) is 3.15. The number of hydrogen-bond acceptors (Lipinski definition) is 8. The quantitative estimate of drug-likeness (QED) is 0.283. The van der Waals surface area contributed by atoms with E-state index in [1.165, 1.54) is 4.68 Å². The highest BCUT2D eigenvalue weighted by Crippen LogP contribution is 2.23. The summed E-state index contributed by atoms with van der Waals surface area (Å²) < 4.78 is 6.16. The summed E-state index contributed by atoms with van der Waals surface area (Å²) in [7, 11) is -1.77. The largest absolute Gasteiger partial charge is 0.633 e. The number of tetrazole rings is 1. The summed E-state index contributed by atoms with van der Waals surface area (Å²) in [5.41, 5.74) is 7.18. The van der Waals surface area contributed by atoms with Crippen molar-refractivity contribution in [3.05, 3.63) is 40.7 Å². The van der Waals surface area contributed by atoms with Crippen molar-refractivity contribution >= 4 is 24.8 Å². The van der Waals surface area contributed by atoms with E-state index in [-0.39, 0.29) is 18.4 Å². The molecule has 0 fully saturated rings. The summed E-state index contributed by atoms with van der Waals surface area (Å²) in [5, 5.41) is 32.7. The zero-order valence-corrected chi connectivity index (χ0v) is 17.9. The van der Waals surface area contributed by atoms with Crippen LogP contribution in [0.2, 0.25) is 5.02 Å². The van der Waals surface area contributed by atoms with E-state index in [0.717, 1.165) is 5.56 Å². The monoisotopic (exact) mass is 438 g/mol. The van der Waals surface area contributed by atoms with Crippen LogP contribution < -0.4 is 11.1 Å². The van der Waals surface area contributed by atoms with E-state index in [0.29, 0.717) is 36.7 Å². The van der Waals surface area contributed by atoms with Gasteiger partial charge in [-0.2, -0.15) is 0 Å². The van der Waals surface area contributed by atoms with E-state index >= 15 is 0 Å². The third-order valence-corrected chi connectivity index (χ3v) is 4.82. The maximum absolute atomic E-state index is 12.9. The van der Waals surface area contributed by atoms with Gasteiger partial charge in [-0.1, -0.05) is 37.6 Å². The molecule has 164 valence electrons. The summed E-state index contributed by atoms with van der Waals surface area (Å²) in [6, 6.07) is 6.17. The lowest BCUT2D eigenvalue weighted by Crippen LogP contribution is -2.37. The number of unbranched alkanes of at least 4 members (excludes halogenated alkanes) is 1. The predicted octanol–water partition coefficient (Wildman–Crippen LogP) is 0.996. The first-order chi connectivity index (χ1) is 14.3. The van der Waals surface area contributed by atoms with Crippen LogP contribution in [0.25, 0.3) is 0 Å². The van der Waals surface area contributed by atoms with Gasteiger partial charge in [-0.15, -0.1) is 5.10 Å². The van der Waals surface area contributed by atoms with Crippen molar-refractivity contribution in [2.75, 3.05) is 6.61 Å². The van der Waals surface area contributed by atoms with Crippen LogP contribution in [0.4, 0.5) is 0 Å². The second-order valence-corrected chi connectivity index (χ2v) is 7.75. The highest BCUT2D eigenvalue weighted by Gasteiger charge is 2.29. The second kappa shape index (κ2) is 12.0. The first kappa shape index (κ1) is 24.2. The number of hydrogen-bond donors (Lipinski definition) is 4. The summed E-state index contributed by atoms with van der Waals surface area (Å²) in [6.07, 6.45) is 1.83. The topological polar surface area (TPSA) is 148 Å². The third-order valence-electron chi connectivity index (χ3n) is 4.57. The maximum atomic E-state index is 12.9. The number of nitrogens with two attached hydrogens (primary N) is 1. The SMILES string of the molecule is CC(C)C(C(=O)NCc1ccc(Cl)cc1)n1nnnc1C(N)CCCCOB(O)O. The van der Waals surface area contributed by atoms with Crippen molar-refractivity contribution in [3.63, 3.8) is 0 Å². The summed E-state index contributed by atoms with van der Waals surface area (Å²) >= 11 is 5.89. The van der Waals surface area contributed by atoms with Crippen LogP contribution in [0.15, 0.2) is 24.3 Å². The second-order valence-electron chi connectivity index (χ2n) is 7.31. The Balaban J connectivity index is 1.99. The number of rotatable bonds is 12. The molecule has 0 spiro atoms. The molecule has 1 heterocycles. The Hall–Kier alpha value is -2.05.